The molecule has 4 rings (SSSR count). The first-order valence-corrected chi connectivity index (χ1v) is 8.84. The van der Waals surface area contributed by atoms with Gasteiger partial charge in [0.15, 0.2) is 5.78 Å². The highest BCUT2D eigenvalue weighted by Gasteiger charge is 2.38. The summed E-state index contributed by atoms with van der Waals surface area (Å²) in [5.74, 6) is -0.456. The van der Waals surface area contributed by atoms with Crippen molar-refractivity contribution in [3.05, 3.63) is 69.3 Å². The average molecular weight is 341 g/mol. The lowest BCUT2D eigenvalue weighted by Crippen LogP contribution is -2.38. The van der Waals surface area contributed by atoms with Gasteiger partial charge in [-0.05, 0) is 35.6 Å². The van der Waals surface area contributed by atoms with Gasteiger partial charge in [0.2, 0.25) is 5.91 Å². The average Bonchev–Trinajstić information content (AvgIpc) is 3.09. The summed E-state index contributed by atoms with van der Waals surface area (Å²) in [7, 11) is 0. The van der Waals surface area contributed by atoms with Crippen LogP contribution in [0.3, 0.4) is 0 Å². The summed E-state index contributed by atoms with van der Waals surface area (Å²) in [6.07, 6.45) is 1.37. The number of amides is 1. The summed E-state index contributed by atoms with van der Waals surface area (Å²) < 4.78 is 13.2. The zero-order chi connectivity index (χ0) is 16.7. The molecule has 122 valence electrons. The van der Waals surface area contributed by atoms with Crippen molar-refractivity contribution < 1.29 is 14.0 Å². The molecule has 2 aromatic rings. The van der Waals surface area contributed by atoms with Crippen molar-refractivity contribution >= 4 is 23.0 Å². The second-order valence-corrected chi connectivity index (χ2v) is 7.27. The van der Waals surface area contributed by atoms with Crippen LogP contribution in [-0.4, -0.2) is 11.7 Å². The Kier molecular flexibility index (Phi) is 3.81. The maximum atomic E-state index is 13.2. The number of halogens is 1. The first-order valence-electron chi connectivity index (χ1n) is 7.97. The standard InChI is InChI=1S/C19H16FNO2S/c20-13-5-3-11(4-6-13)14-10-18(23)21-15-8-12(9-16(22)19(14)15)17-2-1-7-24-17/h1-7,12,14H,8-10H2,(H,21,23). The van der Waals surface area contributed by atoms with Crippen LogP contribution in [0.15, 0.2) is 53.0 Å². The van der Waals surface area contributed by atoms with Crippen LogP contribution in [0.4, 0.5) is 4.39 Å². The van der Waals surface area contributed by atoms with Crippen molar-refractivity contribution in [3.8, 4) is 0 Å². The Bertz CT molecular complexity index is 824. The van der Waals surface area contributed by atoms with Gasteiger partial charge >= 0.3 is 0 Å². The number of hydrogen-bond donors (Lipinski definition) is 1. The van der Waals surface area contributed by atoms with Crippen molar-refractivity contribution in [3.63, 3.8) is 0 Å². The Morgan fingerprint density at radius 3 is 2.54 bits per heavy atom. The van der Waals surface area contributed by atoms with E-state index in [9.17, 15) is 14.0 Å². The number of Topliss-reactive ketones (excluding diaryl/α,β-unsaturated/α-hetero) is 1. The molecule has 1 aliphatic carbocycles. The van der Waals surface area contributed by atoms with Gasteiger partial charge in [0.05, 0.1) is 0 Å². The number of carbonyl (C=O) groups is 2. The van der Waals surface area contributed by atoms with Crippen molar-refractivity contribution in [2.45, 2.75) is 31.1 Å². The van der Waals surface area contributed by atoms with Crippen molar-refractivity contribution in [2.24, 2.45) is 0 Å². The van der Waals surface area contributed by atoms with Crippen LogP contribution in [0.5, 0.6) is 0 Å². The Morgan fingerprint density at radius 2 is 1.83 bits per heavy atom. The summed E-state index contributed by atoms with van der Waals surface area (Å²) >= 11 is 1.64. The van der Waals surface area contributed by atoms with Gasteiger partial charge in [0, 0.05) is 40.8 Å². The predicted octanol–water partition coefficient (Wildman–Crippen LogP) is 3.89. The third kappa shape index (κ3) is 2.69. The highest BCUT2D eigenvalue weighted by atomic mass is 32.1. The van der Waals surface area contributed by atoms with Crippen molar-refractivity contribution in [2.75, 3.05) is 0 Å². The second-order valence-electron chi connectivity index (χ2n) is 6.29. The summed E-state index contributed by atoms with van der Waals surface area (Å²) in [6.45, 7) is 0. The van der Waals surface area contributed by atoms with E-state index in [1.807, 2.05) is 17.5 Å². The molecule has 2 aliphatic rings. The third-order valence-electron chi connectivity index (χ3n) is 4.75. The Morgan fingerprint density at radius 1 is 1.04 bits per heavy atom. The molecule has 5 heteroatoms. The lowest BCUT2D eigenvalue weighted by Gasteiger charge is -2.34. The molecule has 0 bridgehead atoms. The molecule has 1 aromatic carbocycles. The minimum absolute atomic E-state index is 0.0808. The number of ketones is 1. The molecule has 1 aliphatic heterocycles. The molecule has 2 atom stereocenters. The highest BCUT2D eigenvalue weighted by molar-refractivity contribution is 7.10. The quantitative estimate of drug-likeness (QED) is 0.901. The third-order valence-corrected chi connectivity index (χ3v) is 5.79. The van der Waals surface area contributed by atoms with Crippen LogP contribution in [0, 0.1) is 5.82 Å². The van der Waals surface area contributed by atoms with Crippen LogP contribution >= 0.6 is 11.3 Å². The molecule has 0 saturated carbocycles. The van der Waals surface area contributed by atoms with Gasteiger partial charge in [-0.3, -0.25) is 9.59 Å². The van der Waals surface area contributed by atoms with Crippen LogP contribution in [0.1, 0.15) is 41.5 Å². The number of carbonyl (C=O) groups excluding carboxylic acids is 2. The summed E-state index contributed by atoms with van der Waals surface area (Å²) in [6, 6.07) is 10.1. The molecule has 3 nitrogen and oxygen atoms in total. The van der Waals surface area contributed by atoms with Gasteiger partial charge in [0.1, 0.15) is 5.82 Å². The molecule has 1 amide bonds. The van der Waals surface area contributed by atoms with E-state index in [1.54, 1.807) is 23.5 Å². The van der Waals surface area contributed by atoms with Gasteiger partial charge < -0.3 is 5.32 Å². The fraction of sp³-hybridized carbons (Fsp3) is 0.263. The maximum absolute atomic E-state index is 13.2. The molecule has 2 unspecified atom stereocenters. The molecule has 24 heavy (non-hydrogen) atoms. The van der Waals surface area contributed by atoms with Crippen molar-refractivity contribution in [1.82, 2.24) is 5.32 Å². The lowest BCUT2D eigenvalue weighted by molar-refractivity contribution is -0.122. The molecule has 0 radical (unpaired) electrons. The normalized spacial score (nSPS) is 23.9. The minimum atomic E-state index is -0.319. The molecule has 0 saturated heterocycles. The van der Waals surface area contributed by atoms with Gasteiger partial charge in [-0.15, -0.1) is 11.3 Å². The molecule has 1 N–H and O–H groups in total. The number of benzene rings is 1. The van der Waals surface area contributed by atoms with E-state index in [2.05, 4.69) is 5.32 Å². The zero-order valence-electron chi connectivity index (χ0n) is 12.9. The highest BCUT2D eigenvalue weighted by Crippen LogP contribution is 2.43. The Labute approximate surface area is 143 Å². The van der Waals surface area contributed by atoms with Gasteiger partial charge in [-0.1, -0.05) is 18.2 Å². The lowest BCUT2D eigenvalue weighted by atomic mass is 9.75. The van der Waals surface area contributed by atoms with E-state index >= 15 is 0 Å². The molecule has 1 aromatic heterocycles. The number of nitrogens with one attached hydrogen (secondary N) is 1. The SMILES string of the molecule is O=C1CC(c2ccc(F)cc2)C2=C(CC(c3cccs3)CC2=O)N1. The van der Waals surface area contributed by atoms with E-state index in [0.717, 1.165) is 11.3 Å². The Hall–Kier alpha value is -2.27. The van der Waals surface area contributed by atoms with E-state index in [-0.39, 0.29) is 35.8 Å². The number of allylic oxidation sites excluding steroid dienone is 2. The zero-order valence-corrected chi connectivity index (χ0v) is 13.7. The van der Waals surface area contributed by atoms with Crippen molar-refractivity contribution in [1.29, 1.82) is 0 Å². The van der Waals surface area contributed by atoms with Gasteiger partial charge in [0.25, 0.3) is 0 Å². The fourth-order valence-electron chi connectivity index (χ4n) is 3.66. The summed E-state index contributed by atoms with van der Waals surface area (Å²) in [4.78, 5) is 26.1. The van der Waals surface area contributed by atoms with Crippen LogP contribution < -0.4 is 5.32 Å². The van der Waals surface area contributed by atoms with E-state index in [4.69, 9.17) is 0 Å². The maximum Gasteiger partial charge on any atom is 0.225 e. The van der Waals surface area contributed by atoms with Crippen LogP contribution in [0.25, 0.3) is 0 Å². The molecular formula is C19H16FNO2S. The number of hydrogen-bond acceptors (Lipinski definition) is 3. The number of thiophene rings is 1. The van der Waals surface area contributed by atoms with Crippen LogP contribution in [0.2, 0.25) is 0 Å². The van der Waals surface area contributed by atoms with E-state index in [1.165, 1.54) is 17.0 Å². The monoisotopic (exact) mass is 341 g/mol. The summed E-state index contributed by atoms with van der Waals surface area (Å²) in [5.41, 5.74) is 2.27. The predicted molar refractivity (Wildman–Crippen MR) is 90.2 cm³/mol. The fourth-order valence-corrected chi connectivity index (χ4v) is 4.50. The minimum Gasteiger partial charge on any atom is -0.329 e. The van der Waals surface area contributed by atoms with Gasteiger partial charge in [-0.25, -0.2) is 4.39 Å². The first kappa shape index (κ1) is 15.3. The first-order chi connectivity index (χ1) is 11.6. The molecular weight excluding hydrogens is 325 g/mol. The number of rotatable bonds is 2. The molecule has 0 spiro atoms. The van der Waals surface area contributed by atoms with Gasteiger partial charge in [-0.2, -0.15) is 0 Å². The molecule has 0 fully saturated rings. The largest absolute Gasteiger partial charge is 0.329 e. The summed E-state index contributed by atoms with van der Waals surface area (Å²) in [5, 5.41) is 4.91. The van der Waals surface area contributed by atoms with Crippen LogP contribution in [-0.2, 0) is 9.59 Å². The Balaban J connectivity index is 1.72. The molecule has 2 heterocycles. The van der Waals surface area contributed by atoms with E-state index < -0.39 is 0 Å². The van der Waals surface area contributed by atoms with E-state index in [0.29, 0.717) is 18.4 Å². The second kappa shape index (κ2) is 5.98. The topological polar surface area (TPSA) is 46.2 Å². The smallest absolute Gasteiger partial charge is 0.225 e.